The molecule has 0 aromatic heterocycles. The lowest BCUT2D eigenvalue weighted by molar-refractivity contribution is -0.140. The summed E-state index contributed by atoms with van der Waals surface area (Å²) in [6.45, 7) is 11.3. The highest BCUT2D eigenvalue weighted by molar-refractivity contribution is 5.88. The number of unbranched alkanes of at least 4 members (excludes halogenated alkanes) is 3. The Morgan fingerprint density at radius 1 is 1.25 bits per heavy atom. The molecular formula is C27H45N5O4. The number of aliphatic hydroxyl groups excluding tert-OH is 1. The van der Waals surface area contributed by atoms with Crippen molar-refractivity contribution in [3.8, 4) is 5.75 Å². The van der Waals surface area contributed by atoms with Gasteiger partial charge in [0, 0.05) is 30.6 Å². The predicted molar refractivity (Wildman–Crippen MR) is 143 cm³/mol. The minimum atomic E-state index is -0.785. The number of rotatable bonds is 15. The number of amides is 2. The highest BCUT2D eigenvalue weighted by Gasteiger charge is 2.24. The van der Waals surface area contributed by atoms with E-state index in [1.165, 1.54) is 0 Å². The van der Waals surface area contributed by atoms with Crippen LogP contribution in [0.5, 0.6) is 5.75 Å². The lowest BCUT2D eigenvalue weighted by atomic mass is 10.0. The Kier molecular flexibility index (Phi) is 11.5. The number of nitrogens with two attached hydrogens (primary N) is 1. The van der Waals surface area contributed by atoms with E-state index >= 15 is 0 Å². The Morgan fingerprint density at radius 2 is 2.00 bits per heavy atom. The van der Waals surface area contributed by atoms with E-state index < -0.39 is 6.23 Å². The van der Waals surface area contributed by atoms with Crippen LogP contribution in [0.4, 0.5) is 5.69 Å². The second-order valence-electron chi connectivity index (χ2n) is 10.1. The summed E-state index contributed by atoms with van der Waals surface area (Å²) in [6.07, 6.45) is 5.14. The molecule has 0 saturated heterocycles. The molecule has 1 aliphatic rings. The summed E-state index contributed by atoms with van der Waals surface area (Å²) in [5, 5.41) is 13.0. The Bertz CT molecular complexity index is 900. The molecule has 1 atom stereocenters. The first-order valence-electron chi connectivity index (χ1n) is 13.2. The summed E-state index contributed by atoms with van der Waals surface area (Å²) in [7, 11) is 0. The SMILES string of the molecule is CCCCCCN(C(=O)CCCOc1ccc2c(c1)CN(CC(=O)NC(C)(C)CC)C(N)=N2)C(C)O. The van der Waals surface area contributed by atoms with E-state index in [4.69, 9.17) is 10.5 Å². The first-order chi connectivity index (χ1) is 17.1. The zero-order valence-electron chi connectivity index (χ0n) is 22.7. The molecule has 0 saturated carbocycles. The van der Waals surface area contributed by atoms with Crippen molar-refractivity contribution in [2.24, 2.45) is 10.7 Å². The Hall–Kier alpha value is -2.81. The number of nitrogens with zero attached hydrogens (tertiary/aromatic N) is 3. The van der Waals surface area contributed by atoms with Crippen molar-refractivity contribution >= 4 is 23.5 Å². The number of carbonyl (C=O) groups is 2. The van der Waals surface area contributed by atoms with E-state index in [-0.39, 0.29) is 23.9 Å². The van der Waals surface area contributed by atoms with Crippen LogP contribution in [-0.4, -0.2) is 64.1 Å². The molecule has 9 nitrogen and oxygen atoms in total. The molecule has 2 amide bonds. The quantitative estimate of drug-likeness (QED) is 0.248. The van der Waals surface area contributed by atoms with E-state index in [0.29, 0.717) is 44.2 Å². The number of fused-ring (bicyclic) bond motifs is 1. The van der Waals surface area contributed by atoms with E-state index in [0.717, 1.165) is 43.4 Å². The maximum Gasteiger partial charge on any atom is 0.240 e. The average molecular weight is 504 g/mol. The number of hydrogen-bond acceptors (Lipinski definition) is 7. The van der Waals surface area contributed by atoms with Crippen molar-refractivity contribution in [1.82, 2.24) is 15.1 Å². The van der Waals surface area contributed by atoms with Gasteiger partial charge in [-0.05, 0) is 58.2 Å². The minimum absolute atomic E-state index is 0.0551. The third-order valence-corrected chi connectivity index (χ3v) is 6.50. The van der Waals surface area contributed by atoms with Crippen LogP contribution in [0, 0.1) is 0 Å². The molecule has 0 radical (unpaired) electrons. The summed E-state index contributed by atoms with van der Waals surface area (Å²) in [4.78, 5) is 32.8. The maximum absolute atomic E-state index is 12.6. The molecule has 1 aliphatic heterocycles. The van der Waals surface area contributed by atoms with Crippen molar-refractivity contribution in [2.45, 2.75) is 97.9 Å². The van der Waals surface area contributed by atoms with Gasteiger partial charge < -0.3 is 30.7 Å². The van der Waals surface area contributed by atoms with E-state index in [2.05, 4.69) is 17.2 Å². The van der Waals surface area contributed by atoms with Gasteiger partial charge in [-0.2, -0.15) is 0 Å². The zero-order valence-corrected chi connectivity index (χ0v) is 22.7. The van der Waals surface area contributed by atoms with Crippen LogP contribution in [-0.2, 0) is 16.1 Å². The number of ether oxygens (including phenoxy) is 1. The number of guanidine groups is 1. The van der Waals surface area contributed by atoms with Crippen molar-refractivity contribution in [2.75, 3.05) is 19.7 Å². The molecule has 1 heterocycles. The van der Waals surface area contributed by atoms with Gasteiger partial charge in [0.15, 0.2) is 5.96 Å². The van der Waals surface area contributed by atoms with Crippen LogP contribution in [0.25, 0.3) is 0 Å². The van der Waals surface area contributed by atoms with E-state index in [9.17, 15) is 14.7 Å². The van der Waals surface area contributed by atoms with Crippen molar-refractivity contribution < 1.29 is 19.4 Å². The number of carbonyl (C=O) groups excluding carboxylic acids is 2. The number of nitrogens with one attached hydrogen (secondary N) is 1. The third kappa shape index (κ3) is 9.33. The molecular weight excluding hydrogens is 458 g/mol. The first kappa shape index (κ1) is 29.4. The standard InChI is InChI=1S/C27H45N5O4/c1-6-8-9-10-15-32(20(3)33)25(35)12-11-16-36-22-13-14-23-21(17-22)18-31(26(28)29-23)19-24(34)30-27(4,5)7-2/h13-14,17,20,33H,6-12,15-16,18-19H2,1-5H3,(H2,28,29)(H,30,34). The molecule has 0 aliphatic carbocycles. The first-order valence-corrected chi connectivity index (χ1v) is 13.2. The van der Waals surface area contributed by atoms with Gasteiger partial charge >= 0.3 is 0 Å². The monoisotopic (exact) mass is 503 g/mol. The fraction of sp³-hybridized carbons (Fsp3) is 0.667. The van der Waals surface area contributed by atoms with Gasteiger partial charge in [-0.15, -0.1) is 0 Å². The van der Waals surface area contributed by atoms with Gasteiger partial charge in [-0.3, -0.25) is 9.59 Å². The van der Waals surface area contributed by atoms with Crippen molar-refractivity contribution in [3.05, 3.63) is 23.8 Å². The Morgan fingerprint density at radius 3 is 2.67 bits per heavy atom. The summed E-state index contributed by atoms with van der Waals surface area (Å²) >= 11 is 0. The summed E-state index contributed by atoms with van der Waals surface area (Å²) < 4.78 is 5.89. The van der Waals surface area contributed by atoms with Crippen LogP contribution >= 0.6 is 0 Å². The zero-order chi connectivity index (χ0) is 26.7. The maximum atomic E-state index is 12.6. The lowest BCUT2D eigenvalue weighted by Gasteiger charge is -2.30. The molecule has 0 bridgehead atoms. The average Bonchev–Trinajstić information content (AvgIpc) is 2.81. The summed E-state index contributed by atoms with van der Waals surface area (Å²) in [5.41, 5.74) is 7.51. The molecule has 2 rings (SSSR count). The fourth-order valence-electron chi connectivity index (χ4n) is 3.97. The fourth-order valence-corrected chi connectivity index (χ4v) is 3.97. The topological polar surface area (TPSA) is 120 Å². The van der Waals surface area contributed by atoms with Crippen molar-refractivity contribution in [1.29, 1.82) is 0 Å². The largest absolute Gasteiger partial charge is 0.494 e. The van der Waals surface area contributed by atoms with Crippen molar-refractivity contribution in [3.63, 3.8) is 0 Å². The molecule has 0 spiro atoms. The van der Waals surface area contributed by atoms with Crippen LogP contribution in [0.1, 0.15) is 85.1 Å². The van der Waals surface area contributed by atoms with Crippen LogP contribution < -0.4 is 15.8 Å². The van der Waals surface area contributed by atoms with Gasteiger partial charge in [-0.25, -0.2) is 4.99 Å². The van der Waals surface area contributed by atoms with E-state index in [1.807, 2.05) is 39.0 Å². The smallest absolute Gasteiger partial charge is 0.240 e. The summed E-state index contributed by atoms with van der Waals surface area (Å²) in [6, 6.07) is 5.59. The van der Waals surface area contributed by atoms with Gasteiger partial charge in [-0.1, -0.05) is 33.1 Å². The highest BCUT2D eigenvalue weighted by Crippen LogP contribution is 2.29. The van der Waals surface area contributed by atoms with Gasteiger partial charge in [0.2, 0.25) is 11.8 Å². The van der Waals surface area contributed by atoms with Gasteiger partial charge in [0.05, 0.1) is 12.3 Å². The lowest BCUT2D eigenvalue weighted by Crippen LogP contribution is -2.50. The highest BCUT2D eigenvalue weighted by atomic mass is 16.5. The predicted octanol–water partition coefficient (Wildman–Crippen LogP) is 3.66. The van der Waals surface area contributed by atoms with Crippen LogP contribution in [0.2, 0.25) is 0 Å². The molecule has 1 aromatic carbocycles. The molecule has 4 N–H and O–H groups in total. The Labute approximate surface area is 216 Å². The van der Waals surface area contributed by atoms with Crippen LogP contribution in [0.3, 0.4) is 0 Å². The minimum Gasteiger partial charge on any atom is -0.494 e. The molecule has 0 fully saturated rings. The molecule has 1 aromatic rings. The summed E-state index contributed by atoms with van der Waals surface area (Å²) in [5.74, 6) is 0.842. The second kappa shape index (κ2) is 14.1. The number of aliphatic hydroxyl groups is 1. The second-order valence-corrected chi connectivity index (χ2v) is 10.1. The van der Waals surface area contributed by atoms with Gasteiger partial charge in [0.1, 0.15) is 18.5 Å². The third-order valence-electron chi connectivity index (χ3n) is 6.50. The number of benzene rings is 1. The molecule has 1 unspecified atom stereocenters. The Balaban J connectivity index is 1.86. The van der Waals surface area contributed by atoms with Gasteiger partial charge in [0.25, 0.3) is 0 Å². The molecule has 202 valence electrons. The number of hydrogen-bond donors (Lipinski definition) is 3. The molecule has 9 heteroatoms. The van der Waals surface area contributed by atoms with Crippen LogP contribution in [0.15, 0.2) is 23.2 Å². The molecule has 36 heavy (non-hydrogen) atoms. The normalized spacial score (nSPS) is 14.1. The van der Waals surface area contributed by atoms with E-state index in [1.54, 1.807) is 16.7 Å². The number of aliphatic imine (C=N–C) groups is 1.